The molecule has 0 saturated carbocycles. The van der Waals surface area contributed by atoms with Gasteiger partial charge in [-0.25, -0.2) is 4.79 Å². The number of nitrogens with zero attached hydrogens (tertiary/aromatic N) is 2. The van der Waals surface area contributed by atoms with Crippen LogP contribution in [0.1, 0.15) is 44.1 Å². The number of nitrogens with one attached hydrogen (secondary N) is 2. The zero-order valence-corrected chi connectivity index (χ0v) is 14.8. The Bertz CT molecular complexity index is 667. The molecule has 0 radical (unpaired) electrons. The molecule has 0 unspecified atom stereocenters. The monoisotopic (exact) mass is 334 g/mol. The Morgan fingerprint density at radius 3 is 2.38 bits per heavy atom. The van der Waals surface area contributed by atoms with Crippen LogP contribution < -0.4 is 16.2 Å². The fraction of sp³-hybridized carbons (Fsp3) is 0.588. The maximum atomic E-state index is 12.3. The number of carbonyl (C=O) groups is 2. The van der Waals surface area contributed by atoms with E-state index in [0.717, 1.165) is 0 Å². The molecular formula is C17H26N4O3. The van der Waals surface area contributed by atoms with Crippen molar-refractivity contribution in [2.45, 2.75) is 45.2 Å². The van der Waals surface area contributed by atoms with Crippen molar-refractivity contribution >= 4 is 11.9 Å². The zero-order chi connectivity index (χ0) is 17.9. The molecule has 7 heteroatoms. The van der Waals surface area contributed by atoms with E-state index in [1.54, 1.807) is 24.1 Å². The lowest BCUT2D eigenvalue weighted by Crippen LogP contribution is -2.53. The Hall–Kier alpha value is -2.31. The Labute approximate surface area is 142 Å². The fourth-order valence-electron chi connectivity index (χ4n) is 2.68. The smallest absolute Gasteiger partial charge is 0.317 e. The van der Waals surface area contributed by atoms with Gasteiger partial charge in [0, 0.05) is 37.8 Å². The Morgan fingerprint density at radius 1 is 1.17 bits per heavy atom. The Kier molecular flexibility index (Phi) is 5.31. The first-order valence-corrected chi connectivity index (χ1v) is 8.21. The molecule has 1 saturated heterocycles. The summed E-state index contributed by atoms with van der Waals surface area (Å²) < 4.78 is 1.33. The van der Waals surface area contributed by atoms with E-state index in [2.05, 4.69) is 10.6 Å². The summed E-state index contributed by atoms with van der Waals surface area (Å²) in [6.45, 7) is 7.03. The second-order valence-corrected chi connectivity index (χ2v) is 7.22. The largest absolute Gasteiger partial charge is 0.348 e. The molecule has 1 fully saturated rings. The van der Waals surface area contributed by atoms with Crippen molar-refractivity contribution in [2.75, 3.05) is 13.1 Å². The van der Waals surface area contributed by atoms with Gasteiger partial charge in [0.2, 0.25) is 0 Å². The molecule has 1 aliphatic heterocycles. The number of piperidine rings is 1. The lowest BCUT2D eigenvalue weighted by atomic mass is 10.0. The van der Waals surface area contributed by atoms with Crippen LogP contribution >= 0.6 is 0 Å². The van der Waals surface area contributed by atoms with Crippen LogP contribution in [0.25, 0.3) is 0 Å². The summed E-state index contributed by atoms with van der Waals surface area (Å²) in [7, 11) is 1.58. The van der Waals surface area contributed by atoms with Gasteiger partial charge in [-0.2, -0.15) is 0 Å². The maximum absolute atomic E-state index is 12.3. The number of amides is 3. The summed E-state index contributed by atoms with van der Waals surface area (Å²) in [6, 6.07) is 4.56. The predicted octanol–water partition coefficient (Wildman–Crippen LogP) is 1.09. The summed E-state index contributed by atoms with van der Waals surface area (Å²) >= 11 is 0. The minimum absolute atomic E-state index is 0.00601. The van der Waals surface area contributed by atoms with Gasteiger partial charge in [0.15, 0.2) is 0 Å². The molecule has 132 valence electrons. The molecule has 2 heterocycles. The Balaban J connectivity index is 1.89. The SMILES string of the molecule is Cn1c(C(=O)NC2CCN(C(=O)NC(C)(C)C)CC2)cccc1=O. The molecular weight excluding hydrogens is 308 g/mol. The third kappa shape index (κ3) is 4.59. The Morgan fingerprint density at radius 2 is 1.79 bits per heavy atom. The molecule has 1 aromatic heterocycles. The first-order chi connectivity index (χ1) is 11.2. The first-order valence-electron chi connectivity index (χ1n) is 8.21. The standard InChI is InChI=1S/C17H26N4O3/c1-17(2,3)19-16(24)21-10-8-12(9-11-21)18-15(23)13-6-5-7-14(22)20(13)4/h5-7,12H,8-11H2,1-4H3,(H,18,23)(H,19,24). The van der Waals surface area contributed by atoms with Crippen LogP contribution in [0.3, 0.4) is 0 Å². The van der Waals surface area contributed by atoms with Gasteiger partial charge in [-0.15, -0.1) is 0 Å². The number of likely N-dealkylation sites (tertiary alicyclic amines) is 1. The second-order valence-electron chi connectivity index (χ2n) is 7.22. The van der Waals surface area contributed by atoms with Crippen LogP contribution in [-0.2, 0) is 7.05 Å². The highest BCUT2D eigenvalue weighted by Crippen LogP contribution is 2.12. The number of aromatic nitrogens is 1. The number of hydrogen-bond donors (Lipinski definition) is 2. The molecule has 0 aromatic carbocycles. The van der Waals surface area contributed by atoms with Gasteiger partial charge < -0.3 is 20.1 Å². The number of carbonyl (C=O) groups excluding carboxylic acids is 2. The van der Waals surface area contributed by atoms with Gasteiger partial charge in [-0.05, 0) is 39.7 Å². The summed E-state index contributed by atoms with van der Waals surface area (Å²) in [5.74, 6) is -0.257. The first kappa shape index (κ1) is 18.0. The van der Waals surface area contributed by atoms with Crippen LogP contribution in [0.5, 0.6) is 0 Å². The molecule has 2 N–H and O–H groups in total. The number of hydrogen-bond acceptors (Lipinski definition) is 3. The van der Waals surface area contributed by atoms with Crippen molar-refractivity contribution in [1.29, 1.82) is 0 Å². The minimum Gasteiger partial charge on any atom is -0.348 e. The van der Waals surface area contributed by atoms with Gasteiger partial charge in [0.1, 0.15) is 5.69 Å². The van der Waals surface area contributed by atoms with Crippen LogP contribution in [0, 0.1) is 0 Å². The van der Waals surface area contributed by atoms with E-state index in [1.165, 1.54) is 10.6 Å². The third-order valence-electron chi connectivity index (χ3n) is 4.02. The quantitative estimate of drug-likeness (QED) is 0.849. The molecule has 0 atom stereocenters. The molecule has 1 aliphatic rings. The number of urea groups is 1. The molecule has 3 amide bonds. The lowest BCUT2D eigenvalue weighted by Gasteiger charge is -2.34. The van der Waals surface area contributed by atoms with Crippen LogP contribution in [-0.4, -0.2) is 46.1 Å². The minimum atomic E-state index is -0.264. The second kappa shape index (κ2) is 7.07. The van der Waals surface area contributed by atoms with Gasteiger partial charge in [-0.3, -0.25) is 9.59 Å². The molecule has 0 aliphatic carbocycles. The van der Waals surface area contributed by atoms with Crippen molar-refractivity contribution < 1.29 is 9.59 Å². The van der Waals surface area contributed by atoms with Crippen LogP contribution in [0.4, 0.5) is 4.79 Å². The highest BCUT2D eigenvalue weighted by molar-refractivity contribution is 5.92. The van der Waals surface area contributed by atoms with Crippen molar-refractivity contribution in [2.24, 2.45) is 7.05 Å². The normalized spacial score (nSPS) is 15.9. The van der Waals surface area contributed by atoms with Crippen LogP contribution in [0.2, 0.25) is 0 Å². The number of pyridine rings is 1. The number of rotatable bonds is 2. The van der Waals surface area contributed by atoms with Gasteiger partial charge >= 0.3 is 6.03 Å². The van der Waals surface area contributed by atoms with E-state index in [-0.39, 0.29) is 29.1 Å². The average molecular weight is 334 g/mol. The predicted molar refractivity (Wildman–Crippen MR) is 92.0 cm³/mol. The van der Waals surface area contributed by atoms with Crippen molar-refractivity contribution in [3.8, 4) is 0 Å². The molecule has 1 aromatic rings. The van der Waals surface area contributed by atoms with E-state index in [9.17, 15) is 14.4 Å². The van der Waals surface area contributed by atoms with Crippen molar-refractivity contribution in [3.63, 3.8) is 0 Å². The highest BCUT2D eigenvalue weighted by atomic mass is 16.2. The van der Waals surface area contributed by atoms with E-state index in [0.29, 0.717) is 31.6 Å². The van der Waals surface area contributed by atoms with Gasteiger partial charge in [-0.1, -0.05) is 6.07 Å². The van der Waals surface area contributed by atoms with E-state index < -0.39 is 0 Å². The highest BCUT2D eigenvalue weighted by Gasteiger charge is 2.26. The maximum Gasteiger partial charge on any atom is 0.317 e. The molecule has 2 rings (SSSR count). The van der Waals surface area contributed by atoms with Crippen molar-refractivity contribution in [1.82, 2.24) is 20.1 Å². The van der Waals surface area contributed by atoms with Gasteiger partial charge in [0.25, 0.3) is 11.5 Å². The fourth-order valence-corrected chi connectivity index (χ4v) is 2.68. The molecule has 24 heavy (non-hydrogen) atoms. The summed E-state index contributed by atoms with van der Waals surface area (Å²) in [6.07, 6.45) is 1.40. The topological polar surface area (TPSA) is 83.4 Å². The van der Waals surface area contributed by atoms with Gasteiger partial charge in [0.05, 0.1) is 0 Å². The average Bonchev–Trinajstić information content (AvgIpc) is 2.49. The summed E-state index contributed by atoms with van der Waals surface area (Å²) in [5.41, 5.74) is -0.132. The third-order valence-corrected chi connectivity index (χ3v) is 4.02. The van der Waals surface area contributed by atoms with E-state index in [1.807, 2.05) is 20.8 Å². The lowest BCUT2D eigenvalue weighted by molar-refractivity contribution is 0.0908. The van der Waals surface area contributed by atoms with Crippen molar-refractivity contribution in [3.05, 3.63) is 34.2 Å². The summed E-state index contributed by atoms with van der Waals surface area (Å²) in [5, 5.41) is 5.90. The molecule has 7 nitrogen and oxygen atoms in total. The zero-order valence-electron chi connectivity index (χ0n) is 14.8. The molecule has 0 bridgehead atoms. The van der Waals surface area contributed by atoms with E-state index >= 15 is 0 Å². The van der Waals surface area contributed by atoms with E-state index in [4.69, 9.17) is 0 Å². The molecule has 0 spiro atoms. The van der Waals surface area contributed by atoms with Crippen LogP contribution in [0.15, 0.2) is 23.0 Å². The summed E-state index contributed by atoms with van der Waals surface area (Å²) in [4.78, 5) is 37.8.